The minimum atomic E-state index is -3.52. The fraction of sp³-hybridized carbons (Fsp3) is 0.455. The molecule has 1 atom stereocenters. The standard InChI is InChI=1S/C22H25F2NO3S/c1-15(26)25-12-8-17(9-13-25)22(10-11-22)29(27,28)19-5-2-16(3-6-19)20-7-4-18(23)14-21(20)24/h2-7,14-15,17,26H,8-13H2,1H3. The summed E-state index contributed by atoms with van der Waals surface area (Å²) in [7, 11) is -3.52. The minimum absolute atomic E-state index is 0.0803. The number of aliphatic hydroxyl groups excluding tert-OH is 1. The SMILES string of the molecule is CC(O)N1CCC(C2(S(=O)(=O)c3ccc(-c4ccc(F)cc4F)cc3)CC2)CC1. The fourth-order valence-electron chi connectivity index (χ4n) is 4.59. The number of piperidine rings is 1. The molecule has 1 unspecified atom stereocenters. The highest BCUT2D eigenvalue weighted by Gasteiger charge is 2.59. The molecule has 2 aliphatic rings. The van der Waals surface area contributed by atoms with E-state index in [-0.39, 0.29) is 16.4 Å². The van der Waals surface area contributed by atoms with Crippen LogP contribution in [0, 0.1) is 17.6 Å². The number of likely N-dealkylation sites (tertiary alicyclic amines) is 1. The predicted octanol–water partition coefficient (Wildman–Crippen LogP) is 3.99. The predicted molar refractivity (Wildman–Crippen MR) is 107 cm³/mol. The first-order chi connectivity index (χ1) is 13.7. The Kier molecular flexibility index (Phi) is 5.25. The number of halogens is 2. The Morgan fingerprint density at radius 2 is 1.69 bits per heavy atom. The summed E-state index contributed by atoms with van der Waals surface area (Å²) in [4.78, 5) is 2.21. The molecular weight excluding hydrogens is 396 g/mol. The van der Waals surface area contributed by atoms with Gasteiger partial charge in [0.05, 0.1) is 9.64 Å². The molecule has 0 spiro atoms. The molecule has 0 radical (unpaired) electrons. The zero-order valence-corrected chi connectivity index (χ0v) is 17.1. The van der Waals surface area contributed by atoms with E-state index in [1.54, 1.807) is 19.1 Å². The maximum absolute atomic E-state index is 14.0. The molecule has 1 N–H and O–H groups in total. The third-order valence-electron chi connectivity index (χ3n) is 6.49. The smallest absolute Gasteiger partial charge is 0.184 e. The third-order valence-corrected chi connectivity index (χ3v) is 9.19. The van der Waals surface area contributed by atoms with Gasteiger partial charge >= 0.3 is 0 Å². The van der Waals surface area contributed by atoms with Crippen molar-refractivity contribution in [2.45, 2.75) is 48.5 Å². The number of aliphatic hydroxyl groups is 1. The van der Waals surface area contributed by atoms with Crippen LogP contribution in [-0.4, -0.2) is 42.5 Å². The van der Waals surface area contributed by atoms with E-state index in [9.17, 15) is 22.3 Å². The summed E-state index contributed by atoms with van der Waals surface area (Å²) in [6.45, 7) is 3.13. The first-order valence-electron chi connectivity index (χ1n) is 9.97. The monoisotopic (exact) mass is 421 g/mol. The maximum atomic E-state index is 14.0. The van der Waals surface area contributed by atoms with E-state index in [0.717, 1.165) is 18.9 Å². The largest absolute Gasteiger partial charge is 0.379 e. The van der Waals surface area contributed by atoms with Crippen LogP contribution in [0.15, 0.2) is 47.4 Å². The number of nitrogens with zero attached hydrogens (tertiary/aromatic N) is 1. The molecule has 4 rings (SSSR count). The van der Waals surface area contributed by atoms with E-state index < -0.39 is 32.4 Å². The Bertz CT molecular complexity index is 993. The van der Waals surface area contributed by atoms with Gasteiger partial charge in [-0.3, -0.25) is 4.90 Å². The molecule has 1 saturated heterocycles. The Labute approximate surface area is 170 Å². The fourth-order valence-corrected chi connectivity index (χ4v) is 6.87. The van der Waals surface area contributed by atoms with Crippen LogP contribution in [0.4, 0.5) is 8.78 Å². The molecule has 1 saturated carbocycles. The van der Waals surface area contributed by atoms with Gasteiger partial charge < -0.3 is 5.11 Å². The van der Waals surface area contributed by atoms with Crippen molar-refractivity contribution in [2.75, 3.05) is 13.1 Å². The van der Waals surface area contributed by atoms with Gasteiger partial charge in [0.2, 0.25) is 0 Å². The number of hydrogen-bond donors (Lipinski definition) is 1. The molecule has 2 aromatic carbocycles. The van der Waals surface area contributed by atoms with Gasteiger partial charge in [-0.25, -0.2) is 17.2 Å². The van der Waals surface area contributed by atoms with E-state index in [1.807, 2.05) is 4.90 Å². The van der Waals surface area contributed by atoms with Crippen LogP contribution < -0.4 is 0 Å². The quantitative estimate of drug-likeness (QED) is 0.793. The van der Waals surface area contributed by atoms with Crippen LogP contribution >= 0.6 is 0 Å². The van der Waals surface area contributed by atoms with Crippen LogP contribution in [-0.2, 0) is 9.84 Å². The number of rotatable bonds is 5. The maximum Gasteiger partial charge on any atom is 0.184 e. The second kappa shape index (κ2) is 7.45. The lowest BCUT2D eigenvalue weighted by atomic mass is 9.91. The summed E-state index contributed by atoms with van der Waals surface area (Å²) in [6, 6.07) is 9.56. The van der Waals surface area contributed by atoms with Gasteiger partial charge in [0.25, 0.3) is 0 Å². The Morgan fingerprint density at radius 1 is 1.07 bits per heavy atom. The summed E-state index contributed by atoms with van der Waals surface area (Å²) in [5.74, 6) is -1.25. The van der Waals surface area contributed by atoms with Gasteiger partial charge in [0.15, 0.2) is 9.84 Å². The zero-order valence-electron chi connectivity index (χ0n) is 16.3. The number of hydrogen-bond acceptors (Lipinski definition) is 4. The molecule has 1 aliphatic carbocycles. The van der Waals surface area contributed by atoms with Gasteiger partial charge in [0.1, 0.15) is 17.9 Å². The van der Waals surface area contributed by atoms with Crippen LogP contribution in [0.25, 0.3) is 11.1 Å². The molecule has 0 aromatic heterocycles. The van der Waals surface area contributed by atoms with Gasteiger partial charge in [-0.15, -0.1) is 0 Å². The second-order valence-electron chi connectivity index (χ2n) is 8.16. The molecule has 0 bridgehead atoms. The molecule has 1 heterocycles. The molecule has 0 amide bonds. The van der Waals surface area contributed by atoms with Crippen molar-refractivity contribution in [3.8, 4) is 11.1 Å². The summed E-state index contributed by atoms with van der Waals surface area (Å²) >= 11 is 0. The molecule has 4 nitrogen and oxygen atoms in total. The molecule has 7 heteroatoms. The van der Waals surface area contributed by atoms with E-state index in [0.29, 0.717) is 31.5 Å². The van der Waals surface area contributed by atoms with E-state index in [1.165, 1.54) is 24.3 Å². The summed E-state index contributed by atoms with van der Waals surface area (Å²) < 4.78 is 53.2. The average Bonchev–Trinajstić information content (AvgIpc) is 3.51. The summed E-state index contributed by atoms with van der Waals surface area (Å²) in [6.07, 6.45) is 2.31. The van der Waals surface area contributed by atoms with E-state index in [4.69, 9.17) is 0 Å². The lowest BCUT2D eigenvalue weighted by Crippen LogP contribution is -2.44. The number of benzene rings is 2. The molecule has 2 aromatic rings. The Hall–Kier alpha value is -1.83. The highest BCUT2D eigenvalue weighted by molar-refractivity contribution is 7.93. The Morgan fingerprint density at radius 3 is 2.21 bits per heavy atom. The third kappa shape index (κ3) is 3.60. The van der Waals surface area contributed by atoms with Gasteiger partial charge in [-0.2, -0.15) is 0 Å². The van der Waals surface area contributed by atoms with Gasteiger partial charge in [-0.1, -0.05) is 12.1 Å². The van der Waals surface area contributed by atoms with Crippen LogP contribution in [0.5, 0.6) is 0 Å². The summed E-state index contributed by atoms with van der Waals surface area (Å²) in [5, 5.41) is 9.73. The first-order valence-corrected chi connectivity index (χ1v) is 11.5. The first kappa shape index (κ1) is 20.4. The van der Waals surface area contributed by atoms with Crippen molar-refractivity contribution in [2.24, 2.45) is 5.92 Å². The van der Waals surface area contributed by atoms with Crippen molar-refractivity contribution in [1.82, 2.24) is 4.90 Å². The van der Waals surface area contributed by atoms with Crippen LogP contribution in [0.1, 0.15) is 32.6 Å². The highest BCUT2D eigenvalue weighted by atomic mass is 32.2. The van der Waals surface area contributed by atoms with Crippen molar-refractivity contribution >= 4 is 9.84 Å². The lowest BCUT2D eigenvalue weighted by molar-refractivity contribution is -0.00435. The minimum Gasteiger partial charge on any atom is -0.379 e. The van der Waals surface area contributed by atoms with E-state index >= 15 is 0 Å². The Balaban J connectivity index is 1.56. The molecule has 1 aliphatic heterocycles. The van der Waals surface area contributed by atoms with E-state index in [2.05, 4.69) is 0 Å². The molecule has 156 valence electrons. The van der Waals surface area contributed by atoms with Crippen LogP contribution in [0.3, 0.4) is 0 Å². The van der Waals surface area contributed by atoms with Crippen molar-refractivity contribution < 1.29 is 22.3 Å². The van der Waals surface area contributed by atoms with Crippen molar-refractivity contribution in [3.05, 3.63) is 54.1 Å². The zero-order chi connectivity index (χ0) is 20.8. The summed E-state index contributed by atoms with van der Waals surface area (Å²) in [5.41, 5.74) is 0.749. The van der Waals surface area contributed by atoms with Crippen molar-refractivity contribution in [1.29, 1.82) is 0 Å². The molecular formula is C22H25F2NO3S. The molecule has 2 fully saturated rings. The van der Waals surface area contributed by atoms with Gasteiger partial charge in [-0.05, 0) is 68.4 Å². The van der Waals surface area contributed by atoms with Crippen LogP contribution in [0.2, 0.25) is 0 Å². The van der Waals surface area contributed by atoms with Gasteiger partial charge in [0, 0.05) is 24.7 Å². The number of sulfone groups is 1. The topological polar surface area (TPSA) is 57.6 Å². The average molecular weight is 422 g/mol. The molecule has 29 heavy (non-hydrogen) atoms. The van der Waals surface area contributed by atoms with Crippen molar-refractivity contribution in [3.63, 3.8) is 0 Å². The lowest BCUT2D eigenvalue weighted by Gasteiger charge is -2.37. The second-order valence-corrected chi connectivity index (χ2v) is 10.5. The highest BCUT2D eigenvalue weighted by Crippen LogP contribution is 2.55. The normalized spacial score (nSPS) is 21.1.